The Hall–Kier alpha value is -0.520. The van der Waals surface area contributed by atoms with E-state index in [1.54, 1.807) is 0 Å². The molecule has 21 heavy (non-hydrogen) atoms. The number of aryl methyl sites for hydroxylation is 2. The molecule has 0 unspecified atom stereocenters. The van der Waals surface area contributed by atoms with Crippen LogP contribution in [0.4, 0.5) is 0 Å². The van der Waals surface area contributed by atoms with E-state index in [0.29, 0.717) is 12.0 Å². The molecular formula is C16H27N3OS. The van der Waals surface area contributed by atoms with Crippen molar-refractivity contribution in [2.24, 2.45) is 13.0 Å². The molecule has 0 spiro atoms. The average Bonchev–Trinajstić information content (AvgIpc) is 3.03. The lowest BCUT2D eigenvalue weighted by Gasteiger charge is -2.26. The Morgan fingerprint density at radius 3 is 2.71 bits per heavy atom. The van der Waals surface area contributed by atoms with Crippen LogP contribution in [0, 0.1) is 19.8 Å². The summed E-state index contributed by atoms with van der Waals surface area (Å²) >= 11 is 2.09. The molecule has 0 amide bonds. The first-order valence-electron chi connectivity index (χ1n) is 8.09. The molecule has 3 heterocycles. The van der Waals surface area contributed by atoms with Gasteiger partial charge in [-0.1, -0.05) is 0 Å². The van der Waals surface area contributed by atoms with E-state index >= 15 is 0 Å². The molecule has 1 aromatic rings. The number of hydrogen-bond acceptors (Lipinski definition) is 4. The highest BCUT2D eigenvalue weighted by Gasteiger charge is 2.33. The Morgan fingerprint density at radius 1 is 1.29 bits per heavy atom. The van der Waals surface area contributed by atoms with Crippen LogP contribution in [-0.4, -0.2) is 40.5 Å². The van der Waals surface area contributed by atoms with Gasteiger partial charge in [-0.15, -0.1) is 0 Å². The number of ether oxygens (including phenoxy) is 1. The smallest absolute Gasteiger partial charge is 0.0901 e. The molecule has 5 heteroatoms. The third-order valence-corrected chi connectivity index (χ3v) is 6.00. The van der Waals surface area contributed by atoms with E-state index in [9.17, 15) is 0 Å². The van der Waals surface area contributed by atoms with Crippen LogP contribution in [0.5, 0.6) is 0 Å². The third kappa shape index (κ3) is 3.30. The molecule has 2 aliphatic rings. The second-order valence-electron chi connectivity index (χ2n) is 6.34. The molecule has 1 aromatic heterocycles. The quantitative estimate of drug-likeness (QED) is 0.928. The van der Waals surface area contributed by atoms with Gasteiger partial charge in [-0.3, -0.25) is 4.68 Å². The number of rotatable bonds is 4. The van der Waals surface area contributed by atoms with Crippen molar-refractivity contribution in [2.75, 3.05) is 24.7 Å². The molecule has 0 bridgehead atoms. The molecule has 0 aromatic carbocycles. The molecule has 4 nitrogen and oxygen atoms in total. The lowest BCUT2D eigenvalue weighted by atomic mass is 9.93. The van der Waals surface area contributed by atoms with Gasteiger partial charge >= 0.3 is 0 Å². The highest BCUT2D eigenvalue weighted by molar-refractivity contribution is 7.99. The summed E-state index contributed by atoms with van der Waals surface area (Å²) < 4.78 is 8.05. The Bertz CT molecular complexity index is 482. The van der Waals surface area contributed by atoms with Gasteiger partial charge < -0.3 is 10.1 Å². The van der Waals surface area contributed by atoms with Crippen molar-refractivity contribution in [1.82, 2.24) is 15.1 Å². The summed E-state index contributed by atoms with van der Waals surface area (Å²) in [6, 6.07) is 0.712. The molecule has 2 fully saturated rings. The van der Waals surface area contributed by atoms with Gasteiger partial charge in [0.05, 0.1) is 11.8 Å². The van der Waals surface area contributed by atoms with Gasteiger partial charge in [0.2, 0.25) is 0 Å². The van der Waals surface area contributed by atoms with Crippen molar-refractivity contribution in [3.05, 3.63) is 17.0 Å². The molecule has 0 radical (unpaired) electrons. The van der Waals surface area contributed by atoms with Gasteiger partial charge in [0.1, 0.15) is 0 Å². The van der Waals surface area contributed by atoms with Crippen LogP contribution < -0.4 is 5.32 Å². The number of thioether (sulfide) groups is 1. The number of nitrogens with zero attached hydrogens (tertiary/aromatic N) is 2. The fraction of sp³-hybridized carbons (Fsp3) is 0.812. The minimum atomic E-state index is 0.226. The largest absolute Gasteiger partial charge is 0.373 e. The van der Waals surface area contributed by atoms with Crippen molar-refractivity contribution >= 4 is 11.8 Å². The van der Waals surface area contributed by atoms with Gasteiger partial charge in [0.25, 0.3) is 0 Å². The molecule has 0 saturated carbocycles. The van der Waals surface area contributed by atoms with Crippen LogP contribution in [0.1, 0.15) is 42.3 Å². The Kier molecular flexibility index (Phi) is 4.92. The fourth-order valence-corrected chi connectivity index (χ4v) is 4.69. The van der Waals surface area contributed by atoms with Crippen molar-refractivity contribution in [1.29, 1.82) is 0 Å². The van der Waals surface area contributed by atoms with Crippen LogP contribution in [-0.2, 0) is 11.8 Å². The first-order chi connectivity index (χ1) is 10.2. The predicted octanol–water partition coefficient (Wildman–Crippen LogP) is 2.60. The summed E-state index contributed by atoms with van der Waals surface area (Å²) in [5.41, 5.74) is 3.69. The van der Waals surface area contributed by atoms with Gasteiger partial charge in [0, 0.05) is 43.4 Å². The normalized spacial score (nSPS) is 27.4. The van der Waals surface area contributed by atoms with E-state index in [1.807, 2.05) is 11.7 Å². The van der Waals surface area contributed by atoms with Crippen molar-refractivity contribution in [2.45, 2.75) is 45.3 Å². The molecule has 2 aliphatic heterocycles. The van der Waals surface area contributed by atoms with Crippen LogP contribution in [0.15, 0.2) is 0 Å². The Balaban J connectivity index is 1.64. The standard InChI is InChI=1S/C16H27N3OS/c1-11-15(12(2)19(3)18-11)16-13(4-7-20-16)10-17-14-5-8-21-9-6-14/h13-14,16-17H,4-10H2,1-3H3/t13-,16+/m0/s1. The highest BCUT2D eigenvalue weighted by atomic mass is 32.2. The van der Waals surface area contributed by atoms with Gasteiger partial charge in [0.15, 0.2) is 0 Å². The van der Waals surface area contributed by atoms with E-state index in [2.05, 4.69) is 36.0 Å². The number of nitrogens with one attached hydrogen (secondary N) is 1. The summed E-state index contributed by atoms with van der Waals surface area (Å²) in [6.45, 7) is 6.21. The summed E-state index contributed by atoms with van der Waals surface area (Å²) in [4.78, 5) is 0. The maximum Gasteiger partial charge on any atom is 0.0901 e. The van der Waals surface area contributed by atoms with Gasteiger partial charge in [-0.25, -0.2) is 0 Å². The summed E-state index contributed by atoms with van der Waals surface area (Å²) in [6.07, 6.45) is 4.01. The second kappa shape index (κ2) is 6.71. The van der Waals surface area contributed by atoms with E-state index in [1.165, 1.54) is 35.6 Å². The van der Waals surface area contributed by atoms with Gasteiger partial charge in [-0.05, 0) is 44.6 Å². The Morgan fingerprint density at radius 2 is 2.05 bits per heavy atom. The lowest BCUT2D eigenvalue weighted by Crippen LogP contribution is -2.36. The molecule has 118 valence electrons. The number of hydrogen-bond donors (Lipinski definition) is 1. The molecule has 2 atom stereocenters. The van der Waals surface area contributed by atoms with Gasteiger partial charge in [-0.2, -0.15) is 16.9 Å². The fourth-order valence-electron chi connectivity index (χ4n) is 3.58. The minimum absolute atomic E-state index is 0.226. The molecule has 2 saturated heterocycles. The third-order valence-electron chi connectivity index (χ3n) is 4.95. The SMILES string of the molecule is Cc1nn(C)c(C)c1[C@@H]1OCC[C@H]1CNC1CCSCC1. The maximum absolute atomic E-state index is 6.07. The monoisotopic (exact) mass is 309 g/mol. The summed E-state index contributed by atoms with van der Waals surface area (Å²) in [5.74, 6) is 3.20. The summed E-state index contributed by atoms with van der Waals surface area (Å²) in [7, 11) is 2.02. The van der Waals surface area contributed by atoms with Crippen molar-refractivity contribution in [3.63, 3.8) is 0 Å². The first-order valence-corrected chi connectivity index (χ1v) is 9.25. The topological polar surface area (TPSA) is 39.1 Å². The molecular weight excluding hydrogens is 282 g/mol. The molecule has 3 rings (SSSR count). The van der Waals surface area contributed by atoms with E-state index in [0.717, 1.165) is 25.3 Å². The zero-order valence-corrected chi connectivity index (χ0v) is 14.2. The average molecular weight is 309 g/mol. The van der Waals surface area contributed by atoms with Crippen LogP contribution in [0.2, 0.25) is 0 Å². The first kappa shape index (κ1) is 15.4. The van der Waals surface area contributed by atoms with Crippen LogP contribution in [0.3, 0.4) is 0 Å². The number of aromatic nitrogens is 2. The summed E-state index contributed by atoms with van der Waals surface area (Å²) in [5, 5.41) is 8.34. The van der Waals surface area contributed by atoms with E-state index < -0.39 is 0 Å². The lowest BCUT2D eigenvalue weighted by molar-refractivity contribution is 0.0886. The zero-order valence-electron chi connectivity index (χ0n) is 13.4. The van der Waals surface area contributed by atoms with Crippen LogP contribution in [0.25, 0.3) is 0 Å². The van der Waals surface area contributed by atoms with E-state index in [-0.39, 0.29) is 6.10 Å². The maximum atomic E-state index is 6.07. The minimum Gasteiger partial charge on any atom is -0.373 e. The zero-order chi connectivity index (χ0) is 14.8. The van der Waals surface area contributed by atoms with Crippen molar-refractivity contribution < 1.29 is 4.74 Å². The predicted molar refractivity (Wildman–Crippen MR) is 87.8 cm³/mol. The highest BCUT2D eigenvalue weighted by Crippen LogP contribution is 2.37. The molecule has 1 N–H and O–H groups in total. The molecule has 0 aliphatic carbocycles. The van der Waals surface area contributed by atoms with E-state index in [4.69, 9.17) is 4.74 Å². The Labute approximate surface area is 132 Å². The van der Waals surface area contributed by atoms with Crippen LogP contribution >= 0.6 is 11.8 Å². The second-order valence-corrected chi connectivity index (χ2v) is 7.57. The van der Waals surface area contributed by atoms with Crippen molar-refractivity contribution in [3.8, 4) is 0 Å².